The highest BCUT2D eigenvalue weighted by atomic mass is 32.2. The van der Waals surface area contributed by atoms with Crippen LogP contribution in [0.5, 0.6) is 0 Å². The van der Waals surface area contributed by atoms with Gasteiger partial charge in [-0.25, -0.2) is 13.4 Å². The van der Waals surface area contributed by atoms with Crippen molar-refractivity contribution in [1.82, 2.24) is 4.98 Å². The molecule has 80 valence electrons. The molecular weight excluding hydrogens is 216 g/mol. The number of sulfone groups is 1. The molecule has 0 saturated carbocycles. The maximum atomic E-state index is 11.0. The second-order valence-corrected chi connectivity index (χ2v) is 5.55. The Bertz CT molecular complexity index is 601. The summed E-state index contributed by atoms with van der Waals surface area (Å²) in [7, 11) is -3.12. The second kappa shape index (κ2) is 3.23. The van der Waals surface area contributed by atoms with E-state index in [0.717, 1.165) is 6.26 Å². The third-order valence-electron chi connectivity index (χ3n) is 1.84. The summed E-state index contributed by atoms with van der Waals surface area (Å²) in [5.41, 5.74) is 7.25. The van der Waals surface area contributed by atoms with Gasteiger partial charge in [-0.2, -0.15) is 0 Å². The number of benzene rings is 1. The van der Waals surface area contributed by atoms with Crippen LogP contribution in [-0.2, 0) is 15.6 Å². The van der Waals surface area contributed by atoms with E-state index in [1.54, 1.807) is 18.2 Å². The van der Waals surface area contributed by atoms with E-state index in [0.29, 0.717) is 16.8 Å². The van der Waals surface area contributed by atoms with Crippen molar-refractivity contribution in [3.05, 3.63) is 24.1 Å². The fourth-order valence-electron chi connectivity index (χ4n) is 1.28. The van der Waals surface area contributed by atoms with Crippen molar-refractivity contribution in [3.8, 4) is 0 Å². The third kappa shape index (κ3) is 2.27. The van der Waals surface area contributed by atoms with E-state index in [1.165, 1.54) is 0 Å². The molecule has 0 unspecified atom stereocenters. The van der Waals surface area contributed by atoms with Crippen LogP contribution in [0.3, 0.4) is 0 Å². The first-order chi connectivity index (χ1) is 6.94. The number of rotatable bonds is 2. The molecule has 0 amide bonds. The number of oxazole rings is 1. The molecule has 0 fully saturated rings. The van der Waals surface area contributed by atoms with Crippen molar-refractivity contribution in [2.75, 3.05) is 12.0 Å². The van der Waals surface area contributed by atoms with Gasteiger partial charge in [0.05, 0.1) is 0 Å². The lowest BCUT2D eigenvalue weighted by molar-refractivity contribution is 0.542. The molecule has 0 saturated heterocycles. The van der Waals surface area contributed by atoms with Crippen LogP contribution in [0, 0.1) is 0 Å². The average molecular weight is 226 g/mol. The van der Waals surface area contributed by atoms with Gasteiger partial charge >= 0.3 is 0 Å². The lowest BCUT2D eigenvalue weighted by Crippen LogP contribution is -2.00. The van der Waals surface area contributed by atoms with E-state index in [2.05, 4.69) is 4.98 Å². The number of aromatic nitrogens is 1. The van der Waals surface area contributed by atoms with E-state index in [-0.39, 0.29) is 11.6 Å². The number of nitrogens with two attached hydrogens (primary N) is 1. The molecule has 1 aromatic heterocycles. The maximum absolute atomic E-state index is 11.0. The zero-order chi connectivity index (χ0) is 11.1. The molecule has 0 aliphatic heterocycles. The minimum Gasteiger partial charge on any atom is -0.440 e. The summed E-state index contributed by atoms with van der Waals surface area (Å²) in [6, 6.07) is 4.99. The molecule has 15 heavy (non-hydrogen) atoms. The highest BCUT2D eigenvalue weighted by molar-refractivity contribution is 7.89. The Hall–Kier alpha value is -1.56. The van der Waals surface area contributed by atoms with Crippen LogP contribution in [-0.4, -0.2) is 19.7 Å². The van der Waals surface area contributed by atoms with Crippen molar-refractivity contribution >= 4 is 26.6 Å². The lowest BCUT2D eigenvalue weighted by atomic mass is 10.3. The zero-order valence-corrected chi connectivity index (χ0v) is 8.91. The number of nitrogens with zero attached hydrogens (tertiary/aromatic N) is 1. The molecule has 2 rings (SSSR count). The van der Waals surface area contributed by atoms with E-state index in [9.17, 15) is 8.42 Å². The van der Waals surface area contributed by atoms with Crippen LogP contribution in [0.4, 0.5) is 5.69 Å². The van der Waals surface area contributed by atoms with Crippen molar-refractivity contribution in [2.24, 2.45) is 0 Å². The summed E-state index contributed by atoms with van der Waals surface area (Å²) >= 11 is 0. The SMILES string of the molecule is CS(=O)(=O)Cc1nc2cc(N)ccc2o1. The van der Waals surface area contributed by atoms with Crippen LogP contribution in [0.1, 0.15) is 5.89 Å². The van der Waals surface area contributed by atoms with Gasteiger partial charge in [-0.3, -0.25) is 0 Å². The first-order valence-corrected chi connectivity index (χ1v) is 6.33. The molecule has 2 N–H and O–H groups in total. The van der Waals surface area contributed by atoms with Gasteiger partial charge in [0.25, 0.3) is 0 Å². The van der Waals surface area contributed by atoms with Crippen LogP contribution >= 0.6 is 0 Å². The summed E-state index contributed by atoms with van der Waals surface area (Å²) in [6.45, 7) is 0. The van der Waals surface area contributed by atoms with Gasteiger partial charge < -0.3 is 10.2 Å². The molecule has 0 bridgehead atoms. The van der Waals surface area contributed by atoms with Gasteiger partial charge in [0, 0.05) is 11.9 Å². The third-order valence-corrected chi connectivity index (χ3v) is 2.61. The van der Waals surface area contributed by atoms with E-state index < -0.39 is 9.84 Å². The molecule has 0 spiro atoms. The summed E-state index contributed by atoms with van der Waals surface area (Å²) in [5.74, 6) is -0.000187. The monoisotopic (exact) mass is 226 g/mol. The van der Waals surface area contributed by atoms with Gasteiger partial charge in [0.2, 0.25) is 5.89 Å². The second-order valence-electron chi connectivity index (χ2n) is 3.40. The molecule has 1 aromatic carbocycles. The largest absolute Gasteiger partial charge is 0.440 e. The fraction of sp³-hybridized carbons (Fsp3) is 0.222. The minimum atomic E-state index is -3.12. The molecule has 0 atom stereocenters. The van der Waals surface area contributed by atoms with Crippen LogP contribution in [0.25, 0.3) is 11.1 Å². The van der Waals surface area contributed by atoms with Crippen LogP contribution in [0.15, 0.2) is 22.6 Å². The van der Waals surface area contributed by atoms with Crippen molar-refractivity contribution in [3.63, 3.8) is 0 Å². The number of anilines is 1. The smallest absolute Gasteiger partial charge is 0.210 e. The Morgan fingerprint density at radius 1 is 1.47 bits per heavy atom. The molecule has 0 aliphatic carbocycles. The predicted molar refractivity (Wildman–Crippen MR) is 57.0 cm³/mol. The standard InChI is InChI=1S/C9H10N2O3S/c1-15(12,13)5-9-11-7-4-6(10)2-3-8(7)14-9/h2-4H,5,10H2,1H3. The Morgan fingerprint density at radius 2 is 2.20 bits per heavy atom. The first kappa shape index (κ1) is 9.97. The molecular formula is C9H10N2O3S. The van der Waals surface area contributed by atoms with Crippen molar-refractivity contribution in [2.45, 2.75) is 5.75 Å². The average Bonchev–Trinajstić information content (AvgIpc) is 2.42. The molecule has 1 heterocycles. The van der Waals surface area contributed by atoms with Crippen molar-refractivity contribution in [1.29, 1.82) is 0 Å². The minimum absolute atomic E-state index is 0.193. The first-order valence-electron chi connectivity index (χ1n) is 4.27. The Morgan fingerprint density at radius 3 is 2.87 bits per heavy atom. The van der Waals surface area contributed by atoms with Gasteiger partial charge in [0.15, 0.2) is 15.4 Å². The highest BCUT2D eigenvalue weighted by Crippen LogP contribution is 2.19. The number of nitrogen functional groups attached to an aromatic ring is 1. The van der Waals surface area contributed by atoms with Gasteiger partial charge in [-0.05, 0) is 18.2 Å². The summed E-state index contributed by atoms with van der Waals surface area (Å²) < 4.78 is 27.3. The Labute approximate surface area is 86.8 Å². The summed E-state index contributed by atoms with van der Waals surface area (Å²) in [4.78, 5) is 4.03. The van der Waals surface area contributed by atoms with E-state index >= 15 is 0 Å². The number of hydrogen-bond acceptors (Lipinski definition) is 5. The molecule has 5 nitrogen and oxygen atoms in total. The topological polar surface area (TPSA) is 86.2 Å². The number of hydrogen-bond donors (Lipinski definition) is 1. The van der Waals surface area contributed by atoms with Gasteiger partial charge in [-0.15, -0.1) is 0 Å². The zero-order valence-electron chi connectivity index (χ0n) is 8.10. The van der Waals surface area contributed by atoms with Gasteiger partial charge in [0.1, 0.15) is 11.3 Å². The van der Waals surface area contributed by atoms with E-state index in [4.69, 9.17) is 10.2 Å². The lowest BCUT2D eigenvalue weighted by Gasteiger charge is -1.89. The summed E-state index contributed by atoms with van der Waals surface area (Å²) in [5, 5.41) is 0. The van der Waals surface area contributed by atoms with Crippen LogP contribution < -0.4 is 5.73 Å². The van der Waals surface area contributed by atoms with Gasteiger partial charge in [-0.1, -0.05) is 0 Å². The molecule has 0 radical (unpaired) electrons. The highest BCUT2D eigenvalue weighted by Gasteiger charge is 2.11. The fourth-order valence-corrected chi connectivity index (χ4v) is 1.85. The maximum Gasteiger partial charge on any atom is 0.210 e. The van der Waals surface area contributed by atoms with Crippen molar-refractivity contribution < 1.29 is 12.8 Å². The number of fused-ring (bicyclic) bond motifs is 1. The quantitative estimate of drug-likeness (QED) is 0.770. The Kier molecular flexibility index (Phi) is 2.15. The Balaban J connectivity index is 2.48. The molecule has 2 aromatic rings. The molecule has 0 aliphatic rings. The van der Waals surface area contributed by atoms with Crippen LogP contribution in [0.2, 0.25) is 0 Å². The molecule has 6 heteroatoms. The summed E-state index contributed by atoms with van der Waals surface area (Å²) in [6.07, 6.45) is 1.14. The normalized spacial score (nSPS) is 12.1. The van der Waals surface area contributed by atoms with E-state index in [1.807, 2.05) is 0 Å². The predicted octanol–water partition coefficient (Wildman–Crippen LogP) is 0.955.